The second kappa shape index (κ2) is 6.95. The number of ketones is 1. The van der Waals surface area contributed by atoms with Crippen LogP contribution in [0.15, 0.2) is 65.6 Å². The maximum atomic E-state index is 11.7. The fourth-order valence-electron chi connectivity index (χ4n) is 1.59. The zero-order valence-corrected chi connectivity index (χ0v) is 11.7. The zero-order valence-electron chi connectivity index (χ0n) is 10.9. The number of allylic oxidation sites excluding steroid dienone is 1. The lowest BCUT2D eigenvalue weighted by Crippen LogP contribution is -1.95. The molecule has 0 bridgehead atoms. The van der Waals surface area contributed by atoms with Crippen molar-refractivity contribution in [2.24, 2.45) is 0 Å². The Labute approximate surface area is 118 Å². The Morgan fingerprint density at radius 3 is 2.42 bits per heavy atom. The maximum Gasteiger partial charge on any atom is 0.165 e. The second-order valence-electron chi connectivity index (χ2n) is 4.31. The van der Waals surface area contributed by atoms with Crippen LogP contribution in [-0.4, -0.2) is 11.5 Å². The summed E-state index contributed by atoms with van der Waals surface area (Å²) in [6.07, 6.45) is 3.51. The third-order valence-corrected chi connectivity index (χ3v) is 3.70. The molecule has 1 nitrogen and oxygen atoms in total. The minimum atomic E-state index is 0.134. The van der Waals surface area contributed by atoms with Gasteiger partial charge in [-0.1, -0.05) is 54.1 Å². The van der Waals surface area contributed by atoms with Crippen molar-refractivity contribution in [2.45, 2.75) is 11.8 Å². The molecule has 19 heavy (non-hydrogen) atoms. The Bertz CT molecular complexity index is 556. The summed E-state index contributed by atoms with van der Waals surface area (Å²) < 4.78 is 0. The van der Waals surface area contributed by atoms with E-state index in [-0.39, 0.29) is 5.78 Å². The quantitative estimate of drug-likeness (QED) is 0.591. The van der Waals surface area contributed by atoms with Crippen LogP contribution >= 0.6 is 11.8 Å². The van der Waals surface area contributed by atoms with Gasteiger partial charge in [-0.15, -0.1) is 11.8 Å². The predicted octanol–water partition coefficient (Wildman–Crippen LogP) is 4.37. The van der Waals surface area contributed by atoms with E-state index in [4.69, 9.17) is 0 Å². The van der Waals surface area contributed by atoms with Crippen molar-refractivity contribution in [3.63, 3.8) is 0 Å². The average molecular weight is 268 g/mol. The van der Waals surface area contributed by atoms with Crippen LogP contribution in [0, 0.1) is 6.92 Å². The third kappa shape index (κ3) is 4.76. The molecule has 2 heteroatoms. The summed E-state index contributed by atoms with van der Waals surface area (Å²) >= 11 is 1.57. The minimum absolute atomic E-state index is 0.134. The van der Waals surface area contributed by atoms with Gasteiger partial charge >= 0.3 is 0 Å². The van der Waals surface area contributed by atoms with Crippen LogP contribution in [0.1, 0.15) is 11.1 Å². The van der Waals surface area contributed by atoms with Gasteiger partial charge in [0.05, 0.1) is 5.75 Å². The number of hydrogen-bond acceptors (Lipinski definition) is 2. The lowest BCUT2D eigenvalue weighted by Gasteiger charge is -1.99. The Kier molecular flexibility index (Phi) is 4.99. The number of aryl methyl sites for hydroxylation is 1. The first-order valence-electron chi connectivity index (χ1n) is 6.19. The highest BCUT2D eigenvalue weighted by Gasteiger charge is 1.99. The smallest absolute Gasteiger partial charge is 0.165 e. The molecule has 0 aliphatic heterocycles. The molecule has 0 aliphatic rings. The number of carbonyl (C=O) groups excluding carboxylic acids is 1. The van der Waals surface area contributed by atoms with Crippen LogP contribution < -0.4 is 0 Å². The summed E-state index contributed by atoms with van der Waals surface area (Å²) in [5.74, 6) is 0.612. The van der Waals surface area contributed by atoms with Gasteiger partial charge in [-0.05, 0) is 30.7 Å². The molecule has 0 heterocycles. The Morgan fingerprint density at radius 1 is 1.05 bits per heavy atom. The van der Waals surface area contributed by atoms with Crippen LogP contribution in [0.3, 0.4) is 0 Å². The molecule has 0 atom stereocenters. The van der Waals surface area contributed by atoms with Crippen molar-refractivity contribution < 1.29 is 4.79 Å². The fourth-order valence-corrected chi connectivity index (χ4v) is 2.32. The number of thioether (sulfide) groups is 1. The summed E-state index contributed by atoms with van der Waals surface area (Å²) in [5.41, 5.74) is 2.29. The topological polar surface area (TPSA) is 17.1 Å². The van der Waals surface area contributed by atoms with E-state index in [9.17, 15) is 4.79 Å². The summed E-state index contributed by atoms with van der Waals surface area (Å²) in [4.78, 5) is 12.9. The summed E-state index contributed by atoms with van der Waals surface area (Å²) in [7, 11) is 0. The van der Waals surface area contributed by atoms with Gasteiger partial charge in [-0.25, -0.2) is 0 Å². The first-order chi connectivity index (χ1) is 9.24. The van der Waals surface area contributed by atoms with Gasteiger partial charge in [-0.2, -0.15) is 0 Å². The fraction of sp³-hybridized carbons (Fsp3) is 0.118. The highest BCUT2D eigenvalue weighted by Crippen LogP contribution is 2.18. The molecule has 96 valence electrons. The van der Waals surface area contributed by atoms with Gasteiger partial charge in [0.25, 0.3) is 0 Å². The molecule has 0 aliphatic carbocycles. The van der Waals surface area contributed by atoms with Gasteiger partial charge in [0.1, 0.15) is 0 Å². The lowest BCUT2D eigenvalue weighted by atomic mass is 10.2. The first kappa shape index (κ1) is 13.6. The van der Waals surface area contributed by atoms with Crippen molar-refractivity contribution in [2.75, 3.05) is 5.75 Å². The Hall–Kier alpha value is -1.80. The van der Waals surface area contributed by atoms with Gasteiger partial charge < -0.3 is 0 Å². The molecule has 0 spiro atoms. The summed E-state index contributed by atoms with van der Waals surface area (Å²) in [6.45, 7) is 2.06. The molecule has 0 unspecified atom stereocenters. The van der Waals surface area contributed by atoms with Crippen LogP contribution in [0.25, 0.3) is 6.08 Å². The van der Waals surface area contributed by atoms with Gasteiger partial charge in [0.2, 0.25) is 0 Å². The second-order valence-corrected chi connectivity index (χ2v) is 5.36. The molecule has 2 aromatic carbocycles. The molecular formula is C17H16OS. The normalized spacial score (nSPS) is 10.8. The molecular weight excluding hydrogens is 252 g/mol. The molecule has 0 saturated carbocycles. The zero-order chi connectivity index (χ0) is 13.5. The van der Waals surface area contributed by atoms with E-state index in [0.717, 1.165) is 10.5 Å². The molecule has 0 amide bonds. The largest absolute Gasteiger partial charge is 0.294 e. The first-order valence-corrected chi connectivity index (χ1v) is 7.18. The molecule has 0 fully saturated rings. The molecule has 2 rings (SSSR count). The van der Waals surface area contributed by atoms with Gasteiger partial charge in [-0.3, -0.25) is 4.79 Å². The van der Waals surface area contributed by atoms with Crippen molar-refractivity contribution in [3.8, 4) is 0 Å². The molecule has 0 aromatic heterocycles. The van der Waals surface area contributed by atoms with E-state index in [0.29, 0.717) is 5.75 Å². The van der Waals surface area contributed by atoms with E-state index >= 15 is 0 Å². The molecule has 2 aromatic rings. The molecule has 0 radical (unpaired) electrons. The highest BCUT2D eigenvalue weighted by molar-refractivity contribution is 8.00. The van der Waals surface area contributed by atoms with Crippen molar-refractivity contribution in [1.82, 2.24) is 0 Å². The van der Waals surface area contributed by atoms with Crippen molar-refractivity contribution in [3.05, 3.63) is 71.8 Å². The summed E-state index contributed by atoms with van der Waals surface area (Å²) in [6, 6.07) is 18.1. The third-order valence-electron chi connectivity index (χ3n) is 2.66. The molecule has 0 saturated heterocycles. The maximum absolute atomic E-state index is 11.7. The Balaban J connectivity index is 1.85. The van der Waals surface area contributed by atoms with E-state index in [1.807, 2.05) is 48.5 Å². The van der Waals surface area contributed by atoms with Crippen molar-refractivity contribution >= 4 is 23.6 Å². The monoisotopic (exact) mass is 268 g/mol. The van der Waals surface area contributed by atoms with Gasteiger partial charge in [0.15, 0.2) is 5.78 Å². The van der Waals surface area contributed by atoms with Crippen molar-refractivity contribution in [1.29, 1.82) is 0 Å². The number of benzene rings is 2. The van der Waals surface area contributed by atoms with E-state index in [1.54, 1.807) is 17.8 Å². The van der Waals surface area contributed by atoms with Crippen LogP contribution in [0.4, 0.5) is 0 Å². The SMILES string of the molecule is Cc1ccc(SCC(=O)/C=C/c2ccccc2)cc1. The van der Waals surface area contributed by atoms with E-state index in [2.05, 4.69) is 19.1 Å². The summed E-state index contributed by atoms with van der Waals surface area (Å²) in [5, 5.41) is 0. The predicted molar refractivity (Wildman–Crippen MR) is 82.4 cm³/mol. The van der Waals surface area contributed by atoms with Gasteiger partial charge in [0, 0.05) is 4.90 Å². The standard InChI is InChI=1S/C17H16OS/c1-14-7-11-17(12-8-14)19-13-16(18)10-9-15-5-3-2-4-6-15/h2-12H,13H2,1H3/b10-9+. The minimum Gasteiger partial charge on any atom is -0.294 e. The van der Waals surface area contributed by atoms with Crippen LogP contribution in [0.2, 0.25) is 0 Å². The lowest BCUT2D eigenvalue weighted by molar-refractivity contribution is -0.112. The number of carbonyl (C=O) groups is 1. The molecule has 0 N–H and O–H groups in total. The average Bonchev–Trinajstić information content (AvgIpc) is 2.45. The van der Waals surface area contributed by atoms with Crippen LogP contribution in [0.5, 0.6) is 0 Å². The number of rotatable bonds is 5. The highest BCUT2D eigenvalue weighted by atomic mass is 32.2. The Morgan fingerprint density at radius 2 is 1.74 bits per heavy atom. The van der Waals surface area contributed by atoms with E-state index < -0.39 is 0 Å². The number of hydrogen-bond donors (Lipinski definition) is 0. The van der Waals surface area contributed by atoms with E-state index in [1.165, 1.54) is 5.56 Å². The van der Waals surface area contributed by atoms with Crippen LogP contribution in [-0.2, 0) is 4.79 Å².